The van der Waals surface area contributed by atoms with Gasteiger partial charge in [-0.2, -0.15) is 0 Å². The van der Waals surface area contributed by atoms with E-state index in [1.807, 2.05) is 27.8 Å². The van der Waals surface area contributed by atoms with E-state index in [0.29, 0.717) is 0 Å². The molecule has 2 aromatic carbocycles. The molecule has 0 atom stereocenters. The van der Waals surface area contributed by atoms with Crippen molar-refractivity contribution in [3.63, 3.8) is 0 Å². The van der Waals surface area contributed by atoms with Gasteiger partial charge in [-0.1, -0.05) is 18.2 Å². The largest absolute Gasteiger partial charge is 0.444 e. The summed E-state index contributed by atoms with van der Waals surface area (Å²) in [5.41, 5.74) is 5.67. The van der Waals surface area contributed by atoms with E-state index in [4.69, 9.17) is 9.47 Å². The highest BCUT2D eigenvalue weighted by Gasteiger charge is 2.28. The molecule has 216 valence electrons. The van der Waals surface area contributed by atoms with Crippen LogP contribution in [0, 0.1) is 0 Å². The molecular weight excluding hydrogens is 518 g/mol. The van der Waals surface area contributed by atoms with Crippen molar-refractivity contribution in [2.24, 2.45) is 0 Å². The van der Waals surface area contributed by atoms with E-state index in [2.05, 4.69) is 71.8 Å². The van der Waals surface area contributed by atoms with Gasteiger partial charge in [0.05, 0.1) is 37.0 Å². The lowest BCUT2D eigenvalue weighted by Gasteiger charge is -2.38. The summed E-state index contributed by atoms with van der Waals surface area (Å²) in [6.07, 6.45) is 3.37. The second-order valence-electron chi connectivity index (χ2n) is 12.0. The number of nitrogens with zero attached hydrogens (tertiary/aromatic N) is 7. The number of anilines is 1. The average molecular weight is 558 g/mol. The number of hydrogen-bond acceptors (Lipinski definition) is 8. The number of carbonyl (C=O) groups excluding carboxylic acids is 1. The minimum absolute atomic E-state index is 0.189. The van der Waals surface area contributed by atoms with Gasteiger partial charge in [0.15, 0.2) is 11.5 Å². The maximum absolute atomic E-state index is 12.5. The van der Waals surface area contributed by atoms with Gasteiger partial charge in [0.1, 0.15) is 5.60 Å². The fourth-order valence-corrected chi connectivity index (χ4v) is 5.72. The summed E-state index contributed by atoms with van der Waals surface area (Å²) in [5, 5.41) is 8.90. The molecule has 4 heterocycles. The predicted molar refractivity (Wildman–Crippen MR) is 159 cm³/mol. The van der Waals surface area contributed by atoms with Crippen molar-refractivity contribution in [3.05, 3.63) is 54.5 Å². The monoisotopic (exact) mass is 557 g/mol. The topological polar surface area (TPSA) is 88.3 Å². The molecule has 2 saturated heterocycles. The molecule has 2 aromatic heterocycles. The molecule has 6 rings (SSSR count). The standard InChI is InChI=1S/C31H39N7O3/c1-31(2,3)41-30(39)35(4)24-11-13-37(14-12-24)25-8-5-22(6-9-25)23-7-10-26-27(19-23)38-28(20-32-26)33-34-29(38)21-36-15-17-40-18-16-36/h5-10,19-20,24H,11-18,21H2,1-4H3. The molecule has 0 N–H and O–H groups in total. The number of carbonyl (C=O) groups is 1. The Bertz CT molecular complexity index is 1510. The summed E-state index contributed by atoms with van der Waals surface area (Å²) in [7, 11) is 1.85. The van der Waals surface area contributed by atoms with Crippen molar-refractivity contribution in [1.82, 2.24) is 29.4 Å². The van der Waals surface area contributed by atoms with E-state index in [9.17, 15) is 4.79 Å². The molecule has 10 nitrogen and oxygen atoms in total. The second kappa shape index (κ2) is 11.3. The van der Waals surface area contributed by atoms with Gasteiger partial charge in [-0.15, -0.1) is 10.2 Å². The zero-order chi connectivity index (χ0) is 28.6. The molecular formula is C31H39N7O3. The molecule has 4 aromatic rings. The number of piperidine rings is 1. The first kappa shape index (κ1) is 27.4. The van der Waals surface area contributed by atoms with Crippen molar-refractivity contribution in [2.45, 2.75) is 51.8 Å². The number of hydrogen-bond donors (Lipinski definition) is 0. The SMILES string of the molecule is CN(C(=O)OC(C)(C)C)C1CCN(c2ccc(-c3ccc4ncc5nnc(CN6CCOCC6)n5c4c3)cc2)CC1. The Morgan fingerprint density at radius 3 is 2.41 bits per heavy atom. The molecule has 10 heteroatoms. The quantitative estimate of drug-likeness (QED) is 0.352. The highest BCUT2D eigenvalue weighted by molar-refractivity contribution is 5.84. The summed E-state index contributed by atoms with van der Waals surface area (Å²) >= 11 is 0. The number of morpholine rings is 1. The van der Waals surface area contributed by atoms with Crippen LogP contribution in [-0.4, -0.2) is 93.6 Å². The van der Waals surface area contributed by atoms with Crippen molar-refractivity contribution in [3.8, 4) is 11.1 Å². The summed E-state index contributed by atoms with van der Waals surface area (Å²) in [4.78, 5) is 23.6. The van der Waals surface area contributed by atoms with Crippen molar-refractivity contribution in [2.75, 3.05) is 51.3 Å². The third-order valence-electron chi connectivity index (χ3n) is 8.02. The Balaban J connectivity index is 1.17. The van der Waals surface area contributed by atoms with Gasteiger partial charge in [0, 0.05) is 45.0 Å². The van der Waals surface area contributed by atoms with Crippen LogP contribution in [0.15, 0.2) is 48.7 Å². The fourth-order valence-electron chi connectivity index (χ4n) is 5.72. The highest BCUT2D eigenvalue weighted by atomic mass is 16.6. The molecule has 41 heavy (non-hydrogen) atoms. The van der Waals surface area contributed by atoms with E-state index in [0.717, 1.165) is 92.4 Å². The Morgan fingerprint density at radius 2 is 1.71 bits per heavy atom. The molecule has 0 bridgehead atoms. The van der Waals surface area contributed by atoms with Gasteiger partial charge in [0.25, 0.3) is 0 Å². The first-order valence-electron chi connectivity index (χ1n) is 14.5. The average Bonchev–Trinajstić information content (AvgIpc) is 3.39. The van der Waals surface area contributed by atoms with E-state index >= 15 is 0 Å². The van der Waals surface area contributed by atoms with E-state index < -0.39 is 5.60 Å². The van der Waals surface area contributed by atoms with Gasteiger partial charge >= 0.3 is 6.09 Å². The number of aromatic nitrogens is 4. The van der Waals surface area contributed by atoms with E-state index in [1.165, 1.54) is 5.69 Å². The molecule has 2 aliphatic rings. The minimum Gasteiger partial charge on any atom is -0.444 e. The lowest BCUT2D eigenvalue weighted by Crippen LogP contribution is -2.47. The third kappa shape index (κ3) is 5.99. The van der Waals surface area contributed by atoms with Crippen molar-refractivity contribution >= 4 is 28.5 Å². The number of benzene rings is 2. The van der Waals surface area contributed by atoms with Crippen LogP contribution in [0.1, 0.15) is 39.4 Å². The van der Waals surface area contributed by atoms with Crippen LogP contribution in [0.5, 0.6) is 0 Å². The molecule has 1 amide bonds. The predicted octanol–water partition coefficient (Wildman–Crippen LogP) is 4.61. The maximum Gasteiger partial charge on any atom is 0.410 e. The summed E-state index contributed by atoms with van der Waals surface area (Å²) in [5.74, 6) is 0.919. The Labute approximate surface area is 240 Å². The number of ether oxygens (including phenoxy) is 2. The van der Waals surface area contributed by atoms with E-state index in [1.54, 1.807) is 11.1 Å². The summed E-state index contributed by atoms with van der Waals surface area (Å²) < 4.78 is 13.2. The highest BCUT2D eigenvalue weighted by Crippen LogP contribution is 2.29. The van der Waals surface area contributed by atoms with Gasteiger partial charge in [0.2, 0.25) is 0 Å². The van der Waals surface area contributed by atoms with E-state index in [-0.39, 0.29) is 12.1 Å². The molecule has 0 radical (unpaired) electrons. The van der Waals surface area contributed by atoms with Gasteiger partial charge < -0.3 is 19.3 Å². The van der Waals surface area contributed by atoms with Crippen molar-refractivity contribution in [1.29, 1.82) is 0 Å². The number of rotatable bonds is 5. The molecule has 0 spiro atoms. The minimum atomic E-state index is -0.484. The maximum atomic E-state index is 12.5. The first-order chi connectivity index (χ1) is 19.7. The molecule has 2 fully saturated rings. The van der Waals surface area contributed by atoms with Crippen LogP contribution >= 0.6 is 0 Å². The molecule has 2 aliphatic heterocycles. The van der Waals surface area contributed by atoms with Gasteiger partial charge in [-0.3, -0.25) is 14.3 Å². The number of amides is 1. The van der Waals surface area contributed by atoms with Crippen molar-refractivity contribution < 1.29 is 14.3 Å². The zero-order valence-corrected chi connectivity index (χ0v) is 24.4. The first-order valence-corrected chi connectivity index (χ1v) is 14.5. The molecule has 0 unspecified atom stereocenters. The van der Waals surface area contributed by atoms with Crippen LogP contribution in [0.3, 0.4) is 0 Å². The normalized spacial score (nSPS) is 17.3. The van der Waals surface area contributed by atoms with Crippen LogP contribution < -0.4 is 4.90 Å². The summed E-state index contributed by atoms with van der Waals surface area (Å²) in [6, 6.07) is 15.3. The summed E-state index contributed by atoms with van der Waals surface area (Å²) in [6.45, 7) is 11.5. The second-order valence-corrected chi connectivity index (χ2v) is 12.0. The lowest BCUT2D eigenvalue weighted by molar-refractivity contribution is 0.0201. The fraction of sp³-hybridized carbons (Fsp3) is 0.484. The van der Waals surface area contributed by atoms with Gasteiger partial charge in [-0.05, 0) is 69.0 Å². The smallest absolute Gasteiger partial charge is 0.410 e. The number of fused-ring (bicyclic) bond motifs is 3. The lowest BCUT2D eigenvalue weighted by atomic mass is 10.0. The van der Waals surface area contributed by atoms with Crippen LogP contribution in [-0.2, 0) is 16.0 Å². The molecule has 0 saturated carbocycles. The zero-order valence-electron chi connectivity index (χ0n) is 24.4. The van der Waals surface area contributed by atoms with Crippen LogP contribution in [0.25, 0.3) is 27.8 Å². The van der Waals surface area contributed by atoms with Crippen LogP contribution in [0.4, 0.5) is 10.5 Å². The Kier molecular flexibility index (Phi) is 7.52. The Hall–Kier alpha value is -3.76. The third-order valence-corrected chi connectivity index (χ3v) is 8.02. The molecule has 0 aliphatic carbocycles. The van der Waals surface area contributed by atoms with Gasteiger partial charge in [-0.25, -0.2) is 4.79 Å². The van der Waals surface area contributed by atoms with Crippen LogP contribution in [0.2, 0.25) is 0 Å². The Morgan fingerprint density at radius 1 is 1.00 bits per heavy atom.